The molecule has 7 rings (SSSR count). The zero-order valence-corrected chi connectivity index (χ0v) is 24.2. The maximum absolute atomic E-state index is 13.5. The molecular weight excluding hydrogens is 582 g/mol. The molecule has 5 heterocycles. The number of pyridine rings is 1. The molecule has 4 aromatic heterocycles. The van der Waals surface area contributed by atoms with Crippen molar-refractivity contribution in [3.8, 4) is 22.6 Å². The summed E-state index contributed by atoms with van der Waals surface area (Å²) < 4.78 is 34.3. The Bertz CT molecular complexity index is 1950. The van der Waals surface area contributed by atoms with Gasteiger partial charge in [0.15, 0.2) is 11.4 Å². The number of halogens is 2. The van der Waals surface area contributed by atoms with Crippen LogP contribution in [0.1, 0.15) is 41.4 Å². The summed E-state index contributed by atoms with van der Waals surface area (Å²) in [5, 5.41) is 15.7. The third-order valence-corrected chi connectivity index (χ3v) is 7.85. The van der Waals surface area contributed by atoms with Crippen molar-refractivity contribution in [2.24, 2.45) is 0 Å². The second-order valence-electron chi connectivity index (χ2n) is 10.6. The van der Waals surface area contributed by atoms with Crippen molar-refractivity contribution >= 4 is 17.0 Å². The van der Waals surface area contributed by atoms with E-state index in [4.69, 9.17) is 4.42 Å². The second-order valence-corrected chi connectivity index (χ2v) is 10.6. The molecule has 0 spiro atoms. The number of rotatable bonds is 8. The van der Waals surface area contributed by atoms with Gasteiger partial charge in [-0.25, -0.2) is 4.98 Å². The minimum Gasteiger partial charge on any atom is -0.436 e. The number of amides is 1. The highest BCUT2D eigenvalue weighted by molar-refractivity contribution is 5.93. The lowest BCUT2D eigenvalue weighted by Gasteiger charge is -2.38. The molecule has 1 aliphatic heterocycles. The van der Waals surface area contributed by atoms with Crippen molar-refractivity contribution in [1.82, 2.24) is 49.8 Å². The normalized spacial score (nSPS) is 14.8. The Hall–Kier alpha value is -5.37. The topological polar surface area (TPSA) is 124 Å². The second kappa shape index (κ2) is 12.0. The van der Waals surface area contributed by atoms with Gasteiger partial charge in [-0.1, -0.05) is 41.2 Å². The number of fused-ring (bicyclic) bond motifs is 1. The molecule has 45 heavy (non-hydrogen) atoms. The fourth-order valence-corrected chi connectivity index (χ4v) is 5.53. The number of hydrogen-bond acceptors (Lipinski definition) is 9. The van der Waals surface area contributed by atoms with Crippen LogP contribution in [0, 0.1) is 0 Å². The Morgan fingerprint density at radius 2 is 1.80 bits per heavy atom. The van der Waals surface area contributed by atoms with Gasteiger partial charge in [0.25, 0.3) is 5.91 Å². The number of alkyl halides is 2. The van der Waals surface area contributed by atoms with Crippen LogP contribution in [-0.4, -0.2) is 81.8 Å². The number of tetrazole rings is 1. The molecule has 14 heteroatoms. The van der Waals surface area contributed by atoms with Crippen LogP contribution in [-0.2, 0) is 6.54 Å². The minimum absolute atomic E-state index is 0.178. The summed E-state index contributed by atoms with van der Waals surface area (Å²) >= 11 is 0. The van der Waals surface area contributed by atoms with Crippen molar-refractivity contribution in [3.63, 3.8) is 0 Å². The van der Waals surface area contributed by atoms with E-state index in [-0.39, 0.29) is 17.4 Å². The number of carbonyl (C=O) groups is 1. The molecular formula is C31H28F2N10O2. The zero-order chi connectivity index (χ0) is 30.9. The number of benzene rings is 2. The molecule has 1 atom stereocenters. The van der Waals surface area contributed by atoms with Crippen molar-refractivity contribution < 1.29 is 18.0 Å². The number of oxazole rings is 1. The van der Waals surface area contributed by atoms with E-state index in [9.17, 15) is 13.6 Å². The summed E-state index contributed by atoms with van der Waals surface area (Å²) in [6, 6.07) is 18.2. The molecule has 1 amide bonds. The minimum atomic E-state index is -2.88. The molecule has 1 saturated heterocycles. The van der Waals surface area contributed by atoms with Gasteiger partial charge in [-0.05, 0) is 47.5 Å². The van der Waals surface area contributed by atoms with Gasteiger partial charge in [0, 0.05) is 56.2 Å². The summed E-state index contributed by atoms with van der Waals surface area (Å²) in [6.45, 7) is 1.68. The highest BCUT2D eigenvalue weighted by atomic mass is 19.3. The van der Waals surface area contributed by atoms with Crippen LogP contribution in [0.4, 0.5) is 8.78 Å². The van der Waals surface area contributed by atoms with E-state index in [1.54, 1.807) is 23.2 Å². The van der Waals surface area contributed by atoms with Crippen molar-refractivity contribution in [3.05, 3.63) is 96.3 Å². The van der Waals surface area contributed by atoms with Crippen molar-refractivity contribution in [1.29, 1.82) is 0 Å². The molecule has 0 radical (unpaired) electrons. The van der Waals surface area contributed by atoms with Gasteiger partial charge in [0.05, 0.1) is 12.2 Å². The largest absolute Gasteiger partial charge is 0.436 e. The molecule has 6 aromatic rings. The van der Waals surface area contributed by atoms with Crippen LogP contribution < -0.4 is 0 Å². The summed E-state index contributed by atoms with van der Waals surface area (Å²) in [7, 11) is 0. The van der Waals surface area contributed by atoms with Crippen LogP contribution in [0.25, 0.3) is 33.7 Å². The highest BCUT2D eigenvalue weighted by Gasteiger charge is 2.32. The third-order valence-electron chi connectivity index (χ3n) is 7.85. The summed E-state index contributed by atoms with van der Waals surface area (Å²) in [4.78, 5) is 26.7. The van der Waals surface area contributed by atoms with Crippen molar-refractivity contribution in [2.45, 2.75) is 26.1 Å². The van der Waals surface area contributed by atoms with E-state index in [0.29, 0.717) is 53.5 Å². The Morgan fingerprint density at radius 3 is 2.53 bits per heavy atom. The van der Waals surface area contributed by atoms with Crippen LogP contribution in [0.3, 0.4) is 0 Å². The fourth-order valence-electron chi connectivity index (χ4n) is 5.53. The quantitative estimate of drug-likeness (QED) is 0.241. The predicted octanol–water partition coefficient (Wildman–Crippen LogP) is 4.70. The van der Waals surface area contributed by atoms with E-state index < -0.39 is 12.6 Å². The lowest BCUT2D eigenvalue weighted by atomic mass is 10.0. The van der Waals surface area contributed by atoms with Gasteiger partial charge in [0.1, 0.15) is 11.2 Å². The van der Waals surface area contributed by atoms with Gasteiger partial charge in [-0.2, -0.15) is 13.9 Å². The maximum Gasteiger partial charge on any atom is 0.350 e. The Labute approximate surface area is 255 Å². The van der Waals surface area contributed by atoms with E-state index in [2.05, 4.69) is 35.4 Å². The predicted molar refractivity (Wildman–Crippen MR) is 159 cm³/mol. The number of piperazine rings is 1. The fraction of sp³-hybridized carbons (Fsp3) is 0.258. The average molecular weight is 611 g/mol. The molecule has 1 unspecified atom stereocenters. The number of nitrogens with zero attached hydrogens (tertiary/aromatic N) is 10. The number of hydrogen-bond donors (Lipinski definition) is 0. The molecule has 1 fully saturated rings. The molecule has 0 saturated carbocycles. The number of carbonyl (C=O) groups excluding carboxylic acids is 1. The molecule has 0 N–H and O–H groups in total. The molecule has 12 nitrogen and oxygen atoms in total. The van der Waals surface area contributed by atoms with E-state index in [0.717, 1.165) is 23.2 Å². The van der Waals surface area contributed by atoms with Crippen molar-refractivity contribution in [2.75, 3.05) is 26.2 Å². The molecule has 228 valence electrons. The maximum atomic E-state index is 13.5. The lowest BCUT2D eigenvalue weighted by Crippen LogP contribution is -2.50. The standard InChI is InChI=1S/C31H28F2N10O2/c1-2-42-19-23(18-35-42)21-8-9-26-24(16-21)36-29(45-26)22-10-11-34-25(17-22)30(44)41-14-12-40(13-15-41)27(20-6-4-3-5-7-20)28-37-39-43(38-28)31(32)33/h3-11,16-19,27,31H,2,12-15H2,1H3. The highest BCUT2D eigenvalue weighted by Crippen LogP contribution is 2.30. The van der Waals surface area contributed by atoms with Gasteiger partial charge in [-0.15, -0.1) is 10.2 Å². The summed E-state index contributed by atoms with van der Waals surface area (Å²) in [5.41, 5.74) is 5.07. The monoisotopic (exact) mass is 610 g/mol. The van der Waals surface area contributed by atoms with Crippen LogP contribution in [0.5, 0.6) is 0 Å². The molecule has 0 bridgehead atoms. The van der Waals surface area contributed by atoms with E-state index in [1.807, 2.05) is 72.5 Å². The molecule has 2 aromatic carbocycles. The SMILES string of the molecule is CCn1cc(-c2ccc3oc(-c4ccnc(C(=O)N5CCN(C(c6ccccc6)c6nnn(C(F)F)n6)CC5)c4)nc3c2)cn1. The first-order valence-electron chi connectivity index (χ1n) is 14.5. The number of aromatic nitrogens is 8. The van der Waals surface area contributed by atoms with Gasteiger partial charge in [-0.3, -0.25) is 19.4 Å². The Morgan fingerprint density at radius 1 is 0.978 bits per heavy atom. The molecule has 1 aliphatic rings. The Kier molecular flexibility index (Phi) is 7.55. The van der Waals surface area contributed by atoms with Gasteiger partial charge < -0.3 is 9.32 Å². The van der Waals surface area contributed by atoms with Crippen LogP contribution in [0.15, 0.2) is 83.7 Å². The summed E-state index contributed by atoms with van der Waals surface area (Å²) in [5.74, 6) is 0.348. The first-order valence-corrected chi connectivity index (χ1v) is 14.5. The first-order chi connectivity index (χ1) is 22.0. The van der Waals surface area contributed by atoms with Crippen LogP contribution in [0.2, 0.25) is 0 Å². The van der Waals surface area contributed by atoms with E-state index >= 15 is 0 Å². The zero-order valence-electron chi connectivity index (χ0n) is 24.2. The smallest absolute Gasteiger partial charge is 0.350 e. The Balaban J connectivity index is 1.07. The summed E-state index contributed by atoms with van der Waals surface area (Å²) in [6.07, 6.45) is 5.38. The van der Waals surface area contributed by atoms with Gasteiger partial charge >= 0.3 is 6.55 Å². The number of aryl methyl sites for hydroxylation is 1. The third kappa shape index (κ3) is 5.67. The van der Waals surface area contributed by atoms with Crippen LogP contribution >= 0.6 is 0 Å². The van der Waals surface area contributed by atoms with Gasteiger partial charge in [0.2, 0.25) is 5.89 Å². The average Bonchev–Trinajstić information content (AvgIpc) is 3.85. The molecule has 0 aliphatic carbocycles. The van der Waals surface area contributed by atoms with E-state index in [1.165, 1.54) is 0 Å². The first kappa shape index (κ1) is 28.4. The lowest BCUT2D eigenvalue weighted by molar-refractivity contribution is 0.0385.